The fourth-order valence-corrected chi connectivity index (χ4v) is 2.38. The summed E-state index contributed by atoms with van der Waals surface area (Å²) in [6.45, 7) is 8.39. The Bertz CT molecular complexity index is 425. The van der Waals surface area contributed by atoms with Gasteiger partial charge in [0.05, 0.1) is 0 Å². The Balaban J connectivity index is 2.19. The third kappa shape index (κ3) is 2.51. The molecule has 0 fully saturated rings. The van der Waals surface area contributed by atoms with Gasteiger partial charge in [0.1, 0.15) is 0 Å². The van der Waals surface area contributed by atoms with Crippen LogP contribution in [-0.4, -0.2) is 18.9 Å². The van der Waals surface area contributed by atoms with Gasteiger partial charge >= 0.3 is 0 Å². The molecule has 0 bridgehead atoms. The molecule has 1 aromatic rings. The van der Waals surface area contributed by atoms with Gasteiger partial charge in [-0.25, -0.2) is 0 Å². The fraction of sp³-hybridized carbons (Fsp3) is 0.533. The molecule has 1 aliphatic rings. The van der Waals surface area contributed by atoms with Crippen molar-refractivity contribution in [1.29, 1.82) is 0 Å². The van der Waals surface area contributed by atoms with E-state index in [0.717, 1.165) is 31.0 Å². The normalized spacial score (nSPS) is 15.8. The van der Waals surface area contributed by atoms with Crippen LogP contribution < -0.4 is 4.90 Å². The lowest BCUT2D eigenvalue weighted by molar-refractivity contribution is 0.101. The Kier molecular flexibility index (Phi) is 3.51. The van der Waals surface area contributed by atoms with Gasteiger partial charge in [0.15, 0.2) is 5.78 Å². The second-order valence-electron chi connectivity index (χ2n) is 5.11. The van der Waals surface area contributed by atoms with Crippen molar-refractivity contribution < 1.29 is 4.79 Å². The number of ketones is 1. The highest BCUT2D eigenvalue weighted by atomic mass is 16.1. The number of anilines is 1. The third-order valence-corrected chi connectivity index (χ3v) is 3.71. The summed E-state index contributed by atoms with van der Waals surface area (Å²) in [5.74, 6) is 0.890. The van der Waals surface area contributed by atoms with E-state index in [9.17, 15) is 4.79 Å². The summed E-state index contributed by atoms with van der Waals surface area (Å²) in [5, 5.41) is 0. The zero-order valence-electron chi connectivity index (χ0n) is 11.0. The molecule has 1 heterocycles. The first-order valence-electron chi connectivity index (χ1n) is 6.50. The number of hydrogen-bond acceptors (Lipinski definition) is 2. The Labute approximate surface area is 104 Å². The highest BCUT2D eigenvalue weighted by Crippen LogP contribution is 2.29. The number of fused-ring (bicyclic) bond motifs is 1. The number of carbonyl (C=O) groups is 1. The minimum atomic E-state index is 0.160. The van der Waals surface area contributed by atoms with Gasteiger partial charge in [0, 0.05) is 24.3 Å². The molecule has 1 aliphatic heterocycles. The van der Waals surface area contributed by atoms with E-state index in [-0.39, 0.29) is 5.78 Å². The number of nitrogens with zero attached hydrogens (tertiary/aromatic N) is 1. The summed E-state index contributed by atoms with van der Waals surface area (Å²) in [6.07, 6.45) is 2.30. The molecule has 2 nitrogen and oxygen atoms in total. The fourth-order valence-electron chi connectivity index (χ4n) is 2.38. The predicted molar refractivity (Wildman–Crippen MR) is 71.8 cm³/mol. The molecule has 0 aromatic heterocycles. The predicted octanol–water partition coefficient (Wildman–Crippen LogP) is 3.30. The number of carbonyl (C=O) groups excluding carboxylic acids is 1. The molecular weight excluding hydrogens is 210 g/mol. The molecule has 0 saturated carbocycles. The summed E-state index contributed by atoms with van der Waals surface area (Å²) in [4.78, 5) is 13.8. The molecular formula is C15H21NO. The highest BCUT2D eigenvalue weighted by molar-refractivity contribution is 5.94. The van der Waals surface area contributed by atoms with Gasteiger partial charge in [0.25, 0.3) is 0 Å². The van der Waals surface area contributed by atoms with Crippen molar-refractivity contribution in [2.45, 2.75) is 33.6 Å². The molecule has 2 rings (SSSR count). The summed E-state index contributed by atoms with van der Waals surface area (Å²) in [7, 11) is 0. The molecule has 0 amide bonds. The second-order valence-corrected chi connectivity index (χ2v) is 5.11. The van der Waals surface area contributed by atoms with Crippen LogP contribution in [0.3, 0.4) is 0 Å². The molecule has 1 atom stereocenters. The standard InChI is InChI=1S/C15H21NO/c1-4-11(2)10-16-8-7-14-9-13(12(3)17)5-6-15(14)16/h5-6,9,11H,4,7-8,10H2,1-3H3. The van der Waals surface area contributed by atoms with E-state index in [4.69, 9.17) is 0 Å². The molecule has 0 aliphatic carbocycles. The lowest BCUT2D eigenvalue weighted by atomic mass is 10.1. The molecule has 17 heavy (non-hydrogen) atoms. The number of hydrogen-bond donors (Lipinski definition) is 0. The average molecular weight is 231 g/mol. The Morgan fingerprint density at radius 2 is 2.24 bits per heavy atom. The van der Waals surface area contributed by atoms with E-state index in [2.05, 4.69) is 30.9 Å². The van der Waals surface area contributed by atoms with Gasteiger partial charge in [-0.05, 0) is 43.0 Å². The van der Waals surface area contributed by atoms with E-state index in [1.54, 1.807) is 6.92 Å². The van der Waals surface area contributed by atoms with Crippen molar-refractivity contribution in [2.24, 2.45) is 5.92 Å². The molecule has 1 unspecified atom stereocenters. The Hall–Kier alpha value is -1.31. The van der Waals surface area contributed by atoms with Crippen LogP contribution >= 0.6 is 0 Å². The van der Waals surface area contributed by atoms with Crippen LogP contribution in [0.25, 0.3) is 0 Å². The Morgan fingerprint density at radius 1 is 1.47 bits per heavy atom. The van der Waals surface area contributed by atoms with Crippen molar-refractivity contribution in [3.8, 4) is 0 Å². The first kappa shape index (κ1) is 12.2. The van der Waals surface area contributed by atoms with Crippen LogP contribution in [0.2, 0.25) is 0 Å². The van der Waals surface area contributed by atoms with Crippen LogP contribution in [0.15, 0.2) is 18.2 Å². The van der Waals surface area contributed by atoms with E-state index < -0.39 is 0 Å². The quantitative estimate of drug-likeness (QED) is 0.741. The zero-order chi connectivity index (χ0) is 12.4. The number of rotatable bonds is 4. The van der Waals surface area contributed by atoms with Crippen LogP contribution in [0.1, 0.15) is 43.1 Å². The van der Waals surface area contributed by atoms with E-state index in [0.29, 0.717) is 0 Å². The van der Waals surface area contributed by atoms with Crippen molar-refractivity contribution in [3.63, 3.8) is 0 Å². The zero-order valence-corrected chi connectivity index (χ0v) is 11.0. The van der Waals surface area contributed by atoms with Crippen LogP contribution in [-0.2, 0) is 6.42 Å². The molecule has 0 saturated heterocycles. The van der Waals surface area contributed by atoms with Crippen LogP contribution in [0.5, 0.6) is 0 Å². The van der Waals surface area contributed by atoms with Gasteiger partial charge < -0.3 is 4.90 Å². The molecule has 0 N–H and O–H groups in total. The minimum absolute atomic E-state index is 0.160. The maximum atomic E-state index is 11.3. The molecule has 1 aromatic carbocycles. The SMILES string of the molecule is CCC(C)CN1CCc2cc(C(C)=O)ccc21. The van der Waals surface area contributed by atoms with Crippen molar-refractivity contribution >= 4 is 11.5 Å². The topological polar surface area (TPSA) is 20.3 Å². The monoisotopic (exact) mass is 231 g/mol. The van der Waals surface area contributed by atoms with Gasteiger partial charge in [0.2, 0.25) is 0 Å². The maximum Gasteiger partial charge on any atom is 0.159 e. The summed E-state index contributed by atoms with van der Waals surface area (Å²) in [6, 6.07) is 6.13. The van der Waals surface area contributed by atoms with E-state index >= 15 is 0 Å². The highest BCUT2D eigenvalue weighted by Gasteiger charge is 2.20. The van der Waals surface area contributed by atoms with Crippen molar-refractivity contribution in [3.05, 3.63) is 29.3 Å². The van der Waals surface area contributed by atoms with Crippen LogP contribution in [0.4, 0.5) is 5.69 Å². The number of benzene rings is 1. The van der Waals surface area contributed by atoms with E-state index in [1.165, 1.54) is 17.7 Å². The van der Waals surface area contributed by atoms with Gasteiger partial charge in [-0.2, -0.15) is 0 Å². The summed E-state index contributed by atoms with van der Waals surface area (Å²) >= 11 is 0. The van der Waals surface area contributed by atoms with Gasteiger partial charge in [-0.3, -0.25) is 4.79 Å². The largest absolute Gasteiger partial charge is 0.371 e. The summed E-state index contributed by atoms with van der Waals surface area (Å²) in [5.41, 5.74) is 3.51. The molecule has 92 valence electrons. The summed E-state index contributed by atoms with van der Waals surface area (Å²) < 4.78 is 0. The van der Waals surface area contributed by atoms with Gasteiger partial charge in [-0.15, -0.1) is 0 Å². The third-order valence-electron chi connectivity index (χ3n) is 3.71. The number of Topliss-reactive ketones (excluding diaryl/α,β-unsaturated/α-hetero) is 1. The smallest absolute Gasteiger partial charge is 0.159 e. The van der Waals surface area contributed by atoms with Crippen molar-refractivity contribution in [2.75, 3.05) is 18.0 Å². The first-order chi connectivity index (χ1) is 8.11. The average Bonchev–Trinajstić information content (AvgIpc) is 2.71. The van der Waals surface area contributed by atoms with E-state index in [1.807, 2.05) is 6.07 Å². The molecule has 0 spiro atoms. The molecule has 0 radical (unpaired) electrons. The molecule has 2 heteroatoms. The first-order valence-corrected chi connectivity index (χ1v) is 6.50. The Morgan fingerprint density at radius 3 is 2.88 bits per heavy atom. The van der Waals surface area contributed by atoms with Gasteiger partial charge in [-0.1, -0.05) is 20.3 Å². The lowest BCUT2D eigenvalue weighted by Crippen LogP contribution is -2.26. The lowest BCUT2D eigenvalue weighted by Gasteiger charge is -2.23. The second kappa shape index (κ2) is 4.91. The van der Waals surface area contributed by atoms with Crippen LogP contribution in [0, 0.1) is 5.92 Å². The van der Waals surface area contributed by atoms with Crippen molar-refractivity contribution in [1.82, 2.24) is 0 Å². The minimum Gasteiger partial charge on any atom is -0.371 e. The maximum absolute atomic E-state index is 11.3.